The predicted octanol–water partition coefficient (Wildman–Crippen LogP) is 2.64. The van der Waals surface area contributed by atoms with Crippen molar-refractivity contribution in [2.75, 3.05) is 11.9 Å². The number of anilines is 1. The van der Waals surface area contributed by atoms with E-state index in [9.17, 15) is 4.79 Å². The van der Waals surface area contributed by atoms with E-state index in [1.165, 1.54) is 16.8 Å². The number of hydrogen-bond donors (Lipinski definition) is 2. The molecule has 0 saturated carbocycles. The minimum absolute atomic E-state index is 0.164. The van der Waals surface area contributed by atoms with E-state index in [1.807, 2.05) is 0 Å². The number of hydrogen-bond acceptors (Lipinski definition) is 2. The average Bonchev–Trinajstić information content (AvgIpc) is 2.56. The van der Waals surface area contributed by atoms with Crippen LogP contribution in [0.2, 0.25) is 0 Å². The first-order valence-corrected chi connectivity index (χ1v) is 6.82. The Morgan fingerprint density at radius 1 is 1.44 bits per heavy atom. The molecule has 1 aromatic rings. The van der Waals surface area contributed by atoms with E-state index in [4.69, 9.17) is 0 Å². The van der Waals surface area contributed by atoms with Gasteiger partial charge in [-0.15, -0.1) is 0 Å². The first-order valence-electron chi connectivity index (χ1n) is 6.82. The molecule has 0 aromatic heterocycles. The van der Waals surface area contributed by atoms with Gasteiger partial charge in [0.15, 0.2) is 0 Å². The van der Waals surface area contributed by atoms with Crippen molar-refractivity contribution >= 4 is 11.6 Å². The van der Waals surface area contributed by atoms with Gasteiger partial charge in [-0.05, 0) is 37.3 Å². The maximum Gasteiger partial charge on any atom is 0.222 e. The highest BCUT2D eigenvalue weighted by atomic mass is 16.1. The van der Waals surface area contributed by atoms with E-state index >= 15 is 0 Å². The lowest BCUT2D eigenvalue weighted by Gasteiger charge is -2.21. The molecule has 1 amide bonds. The zero-order valence-electron chi connectivity index (χ0n) is 11.3. The number of amides is 1. The van der Waals surface area contributed by atoms with E-state index < -0.39 is 0 Å². The summed E-state index contributed by atoms with van der Waals surface area (Å²) in [5, 5.41) is 6.50. The summed E-state index contributed by atoms with van der Waals surface area (Å²) in [6.45, 7) is 5.10. The van der Waals surface area contributed by atoms with Crippen LogP contribution in [-0.4, -0.2) is 18.5 Å². The lowest BCUT2D eigenvalue weighted by molar-refractivity contribution is -0.120. The van der Waals surface area contributed by atoms with E-state index in [2.05, 4.69) is 42.7 Å². The van der Waals surface area contributed by atoms with Crippen LogP contribution < -0.4 is 10.6 Å². The number of benzene rings is 1. The molecule has 2 N–H and O–H groups in total. The molecule has 1 aliphatic heterocycles. The monoisotopic (exact) mass is 246 g/mol. The van der Waals surface area contributed by atoms with Crippen molar-refractivity contribution in [2.24, 2.45) is 0 Å². The topological polar surface area (TPSA) is 41.1 Å². The zero-order chi connectivity index (χ0) is 13.0. The number of aryl methyl sites for hydroxylation is 2. The highest BCUT2D eigenvalue weighted by Crippen LogP contribution is 2.24. The predicted molar refractivity (Wildman–Crippen MR) is 74.8 cm³/mol. The standard InChI is InChI=1S/C15H22N2O/c1-3-12-7-4-6-11(2)15(12)17-13-8-5-9-16-14(18)10-13/h4,6-7,13,17H,3,5,8-10H2,1-2H3,(H,16,18). The van der Waals surface area contributed by atoms with Crippen LogP contribution in [0.5, 0.6) is 0 Å². The molecule has 2 rings (SSSR count). The summed E-state index contributed by atoms with van der Waals surface area (Å²) in [6.07, 6.45) is 3.70. The molecule has 0 radical (unpaired) electrons. The first-order chi connectivity index (χ1) is 8.70. The Balaban J connectivity index is 2.15. The Hall–Kier alpha value is -1.51. The number of carbonyl (C=O) groups is 1. The van der Waals surface area contributed by atoms with Gasteiger partial charge >= 0.3 is 0 Å². The zero-order valence-corrected chi connectivity index (χ0v) is 11.3. The van der Waals surface area contributed by atoms with Gasteiger partial charge < -0.3 is 10.6 Å². The summed E-state index contributed by atoms with van der Waals surface area (Å²) in [5.74, 6) is 0.164. The molecule has 3 nitrogen and oxygen atoms in total. The molecule has 0 spiro atoms. The molecule has 0 aliphatic carbocycles. The molecule has 1 aromatic carbocycles. The molecule has 0 bridgehead atoms. The van der Waals surface area contributed by atoms with Gasteiger partial charge in [-0.3, -0.25) is 4.79 Å². The Kier molecular flexibility index (Phi) is 4.24. The van der Waals surface area contributed by atoms with Crippen LogP contribution in [0.3, 0.4) is 0 Å². The van der Waals surface area contributed by atoms with E-state index in [1.54, 1.807) is 0 Å². The van der Waals surface area contributed by atoms with Crippen molar-refractivity contribution in [3.63, 3.8) is 0 Å². The summed E-state index contributed by atoms with van der Waals surface area (Å²) in [4.78, 5) is 11.6. The van der Waals surface area contributed by atoms with Crippen LogP contribution in [0.4, 0.5) is 5.69 Å². The fraction of sp³-hybridized carbons (Fsp3) is 0.533. The third kappa shape index (κ3) is 3.03. The van der Waals surface area contributed by atoms with Gasteiger partial charge in [0.25, 0.3) is 0 Å². The van der Waals surface area contributed by atoms with Gasteiger partial charge in [0.1, 0.15) is 0 Å². The Bertz CT molecular complexity index is 429. The molecule has 1 heterocycles. The van der Waals surface area contributed by atoms with E-state index in [-0.39, 0.29) is 11.9 Å². The Morgan fingerprint density at radius 3 is 3.06 bits per heavy atom. The second kappa shape index (κ2) is 5.89. The molecule has 98 valence electrons. The quantitative estimate of drug-likeness (QED) is 0.861. The molecular formula is C15H22N2O. The lowest BCUT2D eigenvalue weighted by Crippen LogP contribution is -2.27. The summed E-state index contributed by atoms with van der Waals surface area (Å²) in [5.41, 5.74) is 3.82. The van der Waals surface area contributed by atoms with Crippen LogP contribution >= 0.6 is 0 Å². The van der Waals surface area contributed by atoms with Crippen molar-refractivity contribution in [1.29, 1.82) is 0 Å². The second-order valence-corrected chi connectivity index (χ2v) is 5.00. The van der Waals surface area contributed by atoms with Gasteiger partial charge in [0.05, 0.1) is 0 Å². The van der Waals surface area contributed by atoms with Crippen LogP contribution in [-0.2, 0) is 11.2 Å². The van der Waals surface area contributed by atoms with E-state index in [0.29, 0.717) is 6.42 Å². The second-order valence-electron chi connectivity index (χ2n) is 5.00. The molecule has 1 saturated heterocycles. The van der Waals surface area contributed by atoms with Crippen molar-refractivity contribution in [1.82, 2.24) is 5.32 Å². The van der Waals surface area contributed by atoms with Crippen molar-refractivity contribution in [3.05, 3.63) is 29.3 Å². The number of rotatable bonds is 3. The third-order valence-electron chi connectivity index (χ3n) is 3.57. The van der Waals surface area contributed by atoms with Gasteiger partial charge in [-0.1, -0.05) is 25.1 Å². The molecule has 1 atom stereocenters. The molecular weight excluding hydrogens is 224 g/mol. The molecule has 3 heteroatoms. The Morgan fingerprint density at radius 2 is 2.28 bits per heavy atom. The van der Waals surface area contributed by atoms with Crippen molar-refractivity contribution in [2.45, 2.75) is 45.6 Å². The van der Waals surface area contributed by atoms with Gasteiger partial charge in [0.2, 0.25) is 5.91 Å². The molecule has 18 heavy (non-hydrogen) atoms. The highest BCUT2D eigenvalue weighted by molar-refractivity contribution is 5.77. The van der Waals surface area contributed by atoms with Gasteiger partial charge in [-0.2, -0.15) is 0 Å². The summed E-state index contributed by atoms with van der Waals surface area (Å²) in [7, 11) is 0. The minimum atomic E-state index is 0.164. The maximum atomic E-state index is 11.6. The SMILES string of the molecule is CCc1cccc(C)c1NC1CCCNC(=O)C1. The normalized spacial score (nSPS) is 20.1. The van der Waals surface area contributed by atoms with Crippen LogP contribution in [0.15, 0.2) is 18.2 Å². The van der Waals surface area contributed by atoms with Crippen molar-refractivity contribution < 1.29 is 4.79 Å². The summed E-state index contributed by atoms with van der Waals surface area (Å²) < 4.78 is 0. The molecule has 1 fully saturated rings. The fourth-order valence-corrected chi connectivity index (χ4v) is 2.53. The fourth-order valence-electron chi connectivity index (χ4n) is 2.53. The van der Waals surface area contributed by atoms with E-state index in [0.717, 1.165) is 25.8 Å². The summed E-state index contributed by atoms with van der Waals surface area (Å²) in [6, 6.07) is 6.64. The highest BCUT2D eigenvalue weighted by Gasteiger charge is 2.18. The van der Waals surface area contributed by atoms with Gasteiger partial charge in [-0.25, -0.2) is 0 Å². The number of nitrogens with one attached hydrogen (secondary N) is 2. The lowest BCUT2D eigenvalue weighted by atomic mass is 10.0. The molecule has 1 unspecified atom stereocenters. The van der Waals surface area contributed by atoms with Crippen LogP contribution in [0.25, 0.3) is 0 Å². The maximum absolute atomic E-state index is 11.6. The van der Waals surface area contributed by atoms with Gasteiger partial charge in [0, 0.05) is 24.7 Å². The Labute approximate surface area is 109 Å². The largest absolute Gasteiger partial charge is 0.381 e. The number of carbonyl (C=O) groups excluding carboxylic acids is 1. The smallest absolute Gasteiger partial charge is 0.222 e. The van der Waals surface area contributed by atoms with Crippen LogP contribution in [0.1, 0.15) is 37.3 Å². The van der Waals surface area contributed by atoms with Crippen molar-refractivity contribution in [3.8, 4) is 0 Å². The minimum Gasteiger partial charge on any atom is -0.381 e. The molecule has 1 aliphatic rings. The number of para-hydroxylation sites is 1. The summed E-state index contributed by atoms with van der Waals surface area (Å²) >= 11 is 0. The first kappa shape index (κ1) is 12.9. The van der Waals surface area contributed by atoms with Crippen LogP contribution in [0, 0.1) is 6.92 Å². The third-order valence-corrected chi connectivity index (χ3v) is 3.57. The average molecular weight is 246 g/mol.